The highest BCUT2D eigenvalue weighted by Crippen LogP contribution is 2.14. The summed E-state index contributed by atoms with van der Waals surface area (Å²) in [5.41, 5.74) is 0. The Morgan fingerprint density at radius 3 is 2.67 bits per heavy atom. The average Bonchev–Trinajstić information content (AvgIpc) is 2.33. The molecule has 0 aliphatic carbocycles. The van der Waals surface area contributed by atoms with Crippen LogP contribution >= 0.6 is 0 Å². The summed E-state index contributed by atoms with van der Waals surface area (Å²) in [4.78, 5) is 3.86. The van der Waals surface area contributed by atoms with E-state index in [0.717, 1.165) is 4.57 Å². The van der Waals surface area contributed by atoms with Crippen LogP contribution in [-0.2, 0) is 6.42 Å². The molecule has 0 bridgehead atoms. The van der Waals surface area contributed by atoms with Crippen LogP contribution in [0, 0.1) is 5.92 Å². The molecule has 0 atom stereocenters. The maximum atomic E-state index is 12.2. The molecule has 4 heteroatoms. The molecule has 0 saturated heterocycles. The van der Waals surface area contributed by atoms with E-state index < -0.39 is 6.55 Å². The van der Waals surface area contributed by atoms with Crippen LogP contribution < -0.4 is 0 Å². The van der Waals surface area contributed by atoms with Gasteiger partial charge in [0.1, 0.15) is 5.82 Å². The number of rotatable bonds is 3. The van der Waals surface area contributed by atoms with Crippen molar-refractivity contribution in [2.75, 3.05) is 0 Å². The minimum absolute atomic E-state index is 0.352. The molecule has 1 heterocycles. The lowest BCUT2D eigenvalue weighted by atomic mass is 10.1. The van der Waals surface area contributed by atoms with E-state index in [9.17, 15) is 8.78 Å². The van der Waals surface area contributed by atoms with Gasteiger partial charge in [0, 0.05) is 18.8 Å². The molecule has 0 spiro atoms. The van der Waals surface area contributed by atoms with Crippen LogP contribution in [-0.4, -0.2) is 9.55 Å². The molecule has 0 saturated carbocycles. The number of imidazole rings is 1. The van der Waals surface area contributed by atoms with E-state index in [2.05, 4.69) is 4.98 Å². The van der Waals surface area contributed by atoms with Crippen molar-refractivity contribution in [3.8, 4) is 0 Å². The molecule has 0 fully saturated rings. The van der Waals surface area contributed by atoms with Crippen molar-refractivity contribution in [3.63, 3.8) is 0 Å². The predicted octanol–water partition coefficient (Wildman–Crippen LogP) is 2.48. The van der Waals surface area contributed by atoms with E-state index in [1.165, 1.54) is 12.4 Å². The summed E-state index contributed by atoms with van der Waals surface area (Å²) in [6, 6.07) is 0. The summed E-state index contributed by atoms with van der Waals surface area (Å²) >= 11 is 0. The minimum Gasteiger partial charge on any atom is -0.278 e. The molecule has 0 radical (unpaired) electrons. The van der Waals surface area contributed by atoms with E-state index in [-0.39, 0.29) is 0 Å². The molecule has 0 amide bonds. The molecule has 0 unspecified atom stereocenters. The first-order chi connectivity index (χ1) is 5.61. The van der Waals surface area contributed by atoms with Gasteiger partial charge in [0.25, 0.3) is 0 Å². The van der Waals surface area contributed by atoms with Crippen molar-refractivity contribution in [1.29, 1.82) is 0 Å². The fraction of sp³-hybridized carbons (Fsp3) is 0.625. The van der Waals surface area contributed by atoms with Gasteiger partial charge >= 0.3 is 6.55 Å². The van der Waals surface area contributed by atoms with Crippen LogP contribution in [0.2, 0.25) is 0 Å². The first-order valence-corrected chi connectivity index (χ1v) is 3.91. The summed E-state index contributed by atoms with van der Waals surface area (Å²) < 4.78 is 25.4. The van der Waals surface area contributed by atoms with Crippen molar-refractivity contribution in [2.24, 2.45) is 5.92 Å². The number of halogens is 2. The molecular formula is C8H12F2N2. The second kappa shape index (κ2) is 3.65. The topological polar surface area (TPSA) is 17.8 Å². The molecule has 0 N–H and O–H groups in total. The lowest BCUT2D eigenvalue weighted by molar-refractivity contribution is 0.0665. The van der Waals surface area contributed by atoms with E-state index in [0.29, 0.717) is 18.2 Å². The zero-order chi connectivity index (χ0) is 9.14. The van der Waals surface area contributed by atoms with Gasteiger partial charge in [-0.05, 0) is 5.92 Å². The Balaban J connectivity index is 2.77. The second-order valence-corrected chi connectivity index (χ2v) is 3.13. The minimum atomic E-state index is -2.47. The summed E-state index contributed by atoms with van der Waals surface area (Å²) in [5.74, 6) is 0.810. The van der Waals surface area contributed by atoms with Gasteiger partial charge in [-0.15, -0.1) is 0 Å². The monoisotopic (exact) mass is 174 g/mol. The summed E-state index contributed by atoms with van der Waals surface area (Å²) in [6.07, 6.45) is 3.31. The quantitative estimate of drug-likeness (QED) is 0.688. The van der Waals surface area contributed by atoms with Crippen LogP contribution in [0.3, 0.4) is 0 Å². The van der Waals surface area contributed by atoms with Gasteiger partial charge in [-0.2, -0.15) is 8.78 Å². The van der Waals surface area contributed by atoms with Crippen molar-refractivity contribution < 1.29 is 8.78 Å². The third kappa shape index (κ3) is 2.03. The molecule has 1 rings (SSSR count). The standard InChI is InChI=1S/C8H12F2N2/c1-6(2)5-7-11-3-4-12(7)8(9)10/h3-4,6,8H,5H2,1-2H3. The second-order valence-electron chi connectivity index (χ2n) is 3.13. The fourth-order valence-electron chi connectivity index (χ4n) is 1.04. The van der Waals surface area contributed by atoms with Crippen LogP contribution in [0.25, 0.3) is 0 Å². The Morgan fingerprint density at radius 2 is 2.17 bits per heavy atom. The first kappa shape index (κ1) is 9.16. The molecular weight excluding hydrogens is 162 g/mol. The Hall–Kier alpha value is -0.930. The molecule has 68 valence electrons. The van der Waals surface area contributed by atoms with Crippen LogP contribution in [0.1, 0.15) is 26.2 Å². The summed E-state index contributed by atoms with van der Waals surface area (Å²) in [6.45, 7) is 1.48. The Morgan fingerprint density at radius 1 is 1.50 bits per heavy atom. The van der Waals surface area contributed by atoms with Crippen LogP contribution in [0.15, 0.2) is 12.4 Å². The van der Waals surface area contributed by atoms with E-state index >= 15 is 0 Å². The maximum absolute atomic E-state index is 12.2. The predicted molar refractivity (Wildman–Crippen MR) is 42.0 cm³/mol. The Labute approximate surface area is 70.2 Å². The van der Waals surface area contributed by atoms with Gasteiger partial charge in [-0.1, -0.05) is 13.8 Å². The molecule has 0 aliphatic heterocycles. The van der Waals surface area contributed by atoms with E-state index in [1.807, 2.05) is 13.8 Å². The normalized spacial score (nSPS) is 11.5. The van der Waals surface area contributed by atoms with E-state index in [4.69, 9.17) is 0 Å². The van der Waals surface area contributed by atoms with Crippen LogP contribution in [0.5, 0.6) is 0 Å². The highest BCUT2D eigenvalue weighted by molar-refractivity contribution is 4.93. The molecule has 1 aromatic rings. The molecule has 0 aromatic carbocycles. The maximum Gasteiger partial charge on any atom is 0.319 e. The smallest absolute Gasteiger partial charge is 0.278 e. The molecule has 2 nitrogen and oxygen atoms in total. The SMILES string of the molecule is CC(C)Cc1nccn1C(F)F. The van der Waals surface area contributed by atoms with Crippen LogP contribution in [0.4, 0.5) is 8.78 Å². The fourth-order valence-corrected chi connectivity index (χ4v) is 1.04. The van der Waals surface area contributed by atoms with Crippen molar-refractivity contribution in [1.82, 2.24) is 9.55 Å². The first-order valence-electron chi connectivity index (χ1n) is 3.91. The van der Waals surface area contributed by atoms with Gasteiger partial charge in [-0.25, -0.2) is 4.98 Å². The lowest BCUT2D eigenvalue weighted by Crippen LogP contribution is -2.06. The van der Waals surface area contributed by atoms with Gasteiger partial charge < -0.3 is 0 Å². The number of hydrogen-bond acceptors (Lipinski definition) is 1. The highest BCUT2D eigenvalue weighted by atomic mass is 19.3. The van der Waals surface area contributed by atoms with Crippen molar-refractivity contribution >= 4 is 0 Å². The van der Waals surface area contributed by atoms with Gasteiger partial charge in [0.05, 0.1) is 0 Å². The largest absolute Gasteiger partial charge is 0.319 e. The van der Waals surface area contributed by atoms with E-state index in [1.54, 1.807) is 0 Å². The molecule has 0 aliphatic rings. The van der Waals surface area contributed by atoms with Gasteiger partial charge in [0.2, 0.25) is 0 Å². The highest BCUT2D eigenvalue weighted by Gasteiger charge is 2.11. The molecule has 12 heavy (non-hydrogen) atoms. The third-order valence-electron chi connectivity index (χ3n) is 1.55. The van der Waals surface area contributed by atoms with Gasteiger partial charge in [-0.3, -0.25) is 4.57 Å². The number of nitrogens with zero attached hydrogens (tertiary/aromatic N) is 2. The van der Waals surface area contributed by atoms with Gasteiger partial charge in [0.15, 0.2) is 0 Å². The Kier molecular flexibility index (Phi) is 2.78. The van der Waals surface area contributed by atoms with Crippen molar-refractivity contribution in [2.45, 2.75) is 26.8 Å². The summed E-state index contributed by atoms with van der Waals surface area (Å²) in [5, 5.41) is 0. The average molecular weight is 174 g/mol. The zero-order valence-electron chi connectivity index (χ0n) is 7.17. The number of hydrogen-bond donors (Lipinski definition) is 0. The zero-order valence-corrected chi connectivity index (χ0v) is 7.17. The van der Waals surface area contributed by atoms with Crippen molar-refractivity contribution in [3.05, 3.63) is 18.2 Å². The number of aromatic nitrogens is 2. The Bertz CT molecular complexity index is 243. The lowest BCUT2D eigenvalue weighted by Gasteiger charge is -2.07. The number of alkyl halides is 2. The third-order valence-corrected chi connectivity index (χ3v) is 1.55. The summed E-state index contributed by atoms with van der Waals surface area (Å²) in [7, 11) is 0. The molecule has 1 aromatic heterocycles.